The molecular formula is C18H23N3O4. The number of nitrogens with one attached hydrogen (secondary N) is 2. The van der Waals surface area contributed by atoms with Crippen molar-refractivity contribution in [1.29, 1.82) is 0 Å². The summed E-state index contributed by atoms with van der Waals surface area (Å²) >= 11 is 0. The van der Waals surface area contributed by atoms with E-state index in [0.29, 0.717) is 11.1 Å². The summed E-state index contributed by atoms with van der Waals surface area (Å²) in [6.07, 6.45) is 7.73. The fourth-order valence-electron chi connectivity index (χ4n) is 2.71. The van der Waals surface area contributed by atoms with Gasteiger partial charge < -0.3 is 10.1 Å². The summed E-state index contributed by atoms with van der Waals surface area (Å²) in [5.41, 5.74) is 3.31. The van der Waals surface area contributed by atoms with Gasteiger partial charge in [-0.3, -0.25) is 9.59 Å². The highest BCUT2D eigenvalue weighted by atomic mass is 16.5. The number of methoxy groups -OCH3 is 1. The van der Waals surface area contributed by atoms with Gasteiger partial charge in [-0.05, 0) is 30.5 Å². The summed E-state index contributed by atoms with van der Waals surface area (Å²) < 4.78 is 4.61. The second kappa shape index (κ2) is 9.56. The third kappa shape index (κ3) is 6.02. The Morgan fingerprint density at radius 2 is 1.68 bits per heavy atom. The number of benzene rings is 1. The van der Waals surface area contributed by atoms with Crippen LogP contribution in [-0.2, 0) is 14.3 Å². The van der Waals surface area contributed by atoms with E-state index in [-0.39, 0.29) is 6.04 Å². The van der Waals surface area contributed by atoms with E-state index >= 15 is 0 Å². The molecule has 1 fully saturated rings. The van der Waals surface area contributed by atoms with Crippen LogP contribution in [0, 0.1) is 0 Å². The number of nitrogens with zero attached hydrogens (tertiary/aromatic N) is 1. The Morgan fingerprint density at radius 3 is 2.28 bits per heavy atom. The Kier molecular flexibility index (Phi) is 7.13. The molecule has 0 aliphatic heterocycles. The van der Waals surface area contributed by atoms with Crippen LogP contribution >= 0.6 is 0 Å². The van der Waals surface area contributed by atoms with Crippen molar-refractivity contribution in [3.8, 4) is 0 Å². The van der Waals surface area contributed by atoms with Crippen molar-refractivity contribution in [3.05, 3.63) is 35.4 Å². The van der Waals surface area contributed by atoms with E-state index in [2.05, 4.69) is 20.6 Å². The fourth-order valence-corrected chi connectivity index (χ4v) is 2.71. The fraction of sp³-hybridized carbons (Fsp3) is 0.444. The molecule has 0 heterocycles. The van der Waals surface area contributed by atoms with E-state index < -0.39 is 17.8 Å². The largest absolute Gasteiger partial charge is 0.465 e. The third-order valence-electron chi connectivity index (χ3n) is 4.11. The Balaban J connectivity index is 1.80. The maximum Gasteiger partial charge on any atom is 0.337 e. The molecule has 1 aliphatic carbocycles. The predicted molar refractivity (Wildman–Crippen MR) is 93.2 cm³/mol. The zero-order valence-corrected chi connectivity index (χ0v) is 14.3. The van der Waals surface area contributed by atoms with Gasteiger partial charge in [-0.1, -0.05) is 37.8 Å². The molecule has 1 aliphatic rings. The van der Waals surface area contributed by atoms with Crippen molar-refractivity contribution < 1.29 is 19.1 Å². The number of hydrazone groups is 1. The van der Waals surface area contributed by atoms with Gasteiger partial charge in [0.15, 0.2) is 0 Å². The summed E-state index contributed by atoms with van der Waals surface area (Å²) in [5.74, 6) is -1.87. The molecule has 7 nitrogen and oxygen atoms in total. The molecule has 1 aromatic rings. The molecule has 0 atom stereocenters. The van der Waals surface area contributed by atoms with Crippen molar-refractivity contribution in [2.24, 2.45) is 5.10 Å². The van der Waals surface area contributed by atoms with E-state index in [0.717, 1.165) is 25.7 Å². The van der Waals surface area contributed by atoms with Crippen LogP contribution in [-0.4, -0.2) is 37.1 Å². The quantitative estimate of drug-likeness (QED) is 0.286. The van der Waals surface area contributed by atoms with Crippen LogP contribution in [0.5, 0.6) is 0 Å². The Labute approximate surface area is 146 Å². The number of hydrogen-bond donors (Lipinski definition) is 2. The lowest BCUT2D eigenvalue weighted by atomic mass is 10.1. The molecule has 134 valence electrons. The molecule has 25 heavy (non-hydrogen) atoms. The Bertz CT molecular complexity index is 632. The first-order chi connectivity index (χ1) is 12.1. The molecule has 2 amide bonds. The van der Waals surface area contributed by atoms with Crippen molar-refractivity contribution in [1.82, 2.24) is 10.7 Å². The second-order valence-electron chi connectivity index (χ2n) is 5.97. The molecule has 0 spiro atoms. The van der Waals surface area contributed by atoms with E-state index in [1.807, 2.05) is 0 Å². The lowest BCUT2D eigenvalue weighted by Gasteiger charge is -2.14. The summed E-state index contributed by atoms with van der Waals surface area (Å²) in [7, 11) is 1.31. The monoisotopic (exact) mass is 345 g/mol. The van der Waals surface area contributed by atoms with Gasteiger partial charge in [0, 0.05) is 6.04 Å². The molecule has 7 heteroatoms. The Hall–Kier alpha value is -2.70. The van der Waals surface area contributed by atoms with Crippen LogP contribution in [0.25, 0.3) is 0 Å². The Morgan fingerprint density at radius 1 is 1.04 bits per heavy atom. The first kappa shape index (κ1) is 18.6. The molecule has 2 N–H and O–H groups in total. The number of ether oxygens (including phenoxy) is 1. The molecular weight excluding hydrogens is 322 g/mol. The van der Waals surface area contributed by atoms with Gasteiger partial charge in [0.25, 0.3) is 0 Å². The van der Waals surface area contributed by atoms with Gasteiger partial charge in [0.1, 0.15) is 0 Å². The minimum atomic E-state index is -0.785. The first-order valence-electron chi connectivity index (χ1n) is 8.42. The number of esters is 1. The highest BCUT2D eigenvalue weighted by molar-refractivity contribution is 6.35. The normalized spacial score (nSPS) is 15.4. The maximum absolute atomic E-state index is 11.9. The topological polar surface area (TPSA) is 96.9 Å². The molecule has 1 aromatic carbocycles. The maximum atomic E-state index is 11.9. The van der Waals surface area contributed by atoms with Crippen LogP contribution in [0.3, 0.4) is 0 Å². The SMILES string of the molecule is COC(=O)c1ccc(C=NNC(=O)C(=O)NC2CCCCCC2)cc1. The van der Waals surface area contributed by atoms with Crippen molar-refractivity contribution >= 4 is 24.0 Å². The molecule has 0 bridgehead atoms. The lowest BCUT2D eigenvalue weighted by molar-refractivity contribution is -0.139. The highest BCUT2D eigenvalue weighted by Gasteiger charge is 2.19. The summed E-state index contributed by atoms with van der Waals surface area (Å²) in [4.78, 5) is 35.0. The number of carbonyl (C=O) groups is 3. The zero-order chi connectivity index (χ0) is 18.1. The third-order valence-corrected chi connectivity index (χ3v) is 4.11. The van der Waals surface area contributed by atoms with Crippen LogP contribution in [0.1, 0.15) is 54.4 Å². The number of hydrogen-bond acceptors (Lipinski definition) is 5. The molecule has 0 aromatic heterocycles. The van der Waals surface area contributed by atoms with Gasteiger partial charge in [0.05, 0.1) is 18.9 Å². The standard InChI is InChI=1S/C18H23N3O4/c1-25-18(24)14-10-8-13(9-11-14)12-19-21-17(23)16(22)20-15-6-4-2-3-5-7-15/h8-12,15H,2-7H2,1H3,(H,20,22)(H,21,23). The van der Waals surface area contributed by atoms with Crippen molar-refractivity contribution in [2.45, 2.75) is 44.6 Å². The van der Waals surface area contributed by atoms with E-state index in [1.54, 1.807) is 24.3 Å². The summed E-state index contributed by atoms with van der Waals surface area (Å²) in [5, 5.41) is 6.52. The lowest BCUT2D eigenvalue weighted by Crippen LogP contribution is -2.43. The summed E-state index contributed by atoms with van der Waals surface area (Å²) in [6.45, 7) is 0. The predicted octanol–water partition coefficient (Wildman–Crippen LogP) is 1.76. The summed E-state index contributed by atoms with van der Waals surface area (Å²) in [6, 6.07) is 6.57. The van der Waals surface area contributed by atoms with Gasteiger partial charge in [-0.2, -0.15) is 5.10 Å². The van der Waals surface area contributed by atoms with Crippen LogP contribution in [0.4, 0.5) is 0 Å². The minimum Gasteiger partial charge on any atom is -0.465 e. The van der Waals surface area contributed by atoms with Crippen LogP contribution in [0.15, 0.2) is 29.4 Å². The zero-order valence-electron chi connectivity index (χ0n) is 14.3. The first-order valence-corrected chi connectivity index (χ1v) is 8.42. The van der Waals surface area contributed by atoms with Crippen molar-refractivity contribution in [2.75, 3.05) is 7.11 Å². The van der Waals surface area contributed by atoms with E-state index in [4.69, 9.17) is 0 Å². The molecule has 0 unspecified atom stereocenters. The van der Waals surface area contributed by atoms with Crippen LogP contribution in [0.2, 0.25) is 0 Å². The average Bonchev–Trinajstić information content (AvgIpc) is 2.90. The van der Waals surface area contributed by atoms with Crippen molar-refractivity contribution in [3.63, 3.8) is 0 Å². The van der Waals surface area contributed by atoms with E-state index in [9.17, 15) is 14.4 Å². The van der Waals surface area contributed by atoms with Gasteiger partial charge in [-0.25, -0.2) is 10.2 Å². The molecule has 0 radical (unpaired) electrons. The van der Waals surface area contributed by atoms with Gasteiger partial charge >= 0.3 is 17.8 Å². The second-order valence-corrected chi connectivity index (χ2v) is 5.97. The minimum absolute atomic E-state index is 0.0654. The highest BCUT2D eigenvalue weighted by Crippen LogP contribution is 2.17. The van der Waals surface area contributed by atoms with E-state index in [1.165, 1.54) is 26.2 Å². The van der Waals surface area contributed by atoms with Gasteiger partial charge in [-0.15, -0.1) is 0 Å². The number of rotatable bonds is 4. The molecule has 0 saturated heterocycles. The van der Waals surface area contributed by atoms with Gasteiger partial charge in [0.2, 0.25) is 0 Å². The smallest absolute Gasteiger partial charge is 0.337 e. The molecule has 1 saturated carbocycles. The average molecular weight is 345 g/mol. The number of carbonyl (C=O) groups excluding carboxylic acids is 3. The van der Waals surface area contributed by atoms with Crippen LogP contribution < -0.4 is 10.7 Å². The molecule has 2 rings (SSSR count). The number of amides is 2.